The van der Waals surface area contributed by atoms with Crippen molar-refractivity contribution in [3.63, 3.8) is 0 Å². The number of aliphatic hydroxyl groups excluding tert-OH is 1. The highest BCUT2D eigenvalue weighted by molar-refractivity contribution is 8.01. The van der Waals surface area contributed by atoms with Gasteiger partial charge in [0.2, 0.25) is 5.91 Å². The number of anilines is 1. The second-order valence-electron chi connectivity index (χ2n) is 5.75. The predicted molar refractivity (Wildman–Crippen MR) is 90.6 cm³/mol. The SMILES string of the molecule is Cc1cc(C#CCCO)ccc1NC(=O)CSC(C)(C)C. The van der Waals surface area contributed by atoms with Gasteiger partial charge < -0.3 is 10.4 Å². The van der Waals surface area contributed by atoms with Crippen LogP contribution >= 0.6 is 11.8 Å². The molecule has 0 unspecified atom stereocenters. The van der Waals surface area contributed by atoms with E-state index in [-0.39, 0.29) is 17.3 Å². The minimum atomic E-state index is 0.0112. The summed E-state index contributed by atoms with van der Waals surface area (Å²) >= 11 is 1.63. The first-order chi connectivity index (χ1) is 9.81. The average molecular weight is 305 g/mol. The standard InChI is InChI=1S/C17H23NO2S/c1-13-11-14(7-5-6-10-19)8-9-15(13)18-16(20)12-21-17(2,3)4/h8-9,11,19H,6,10,12H2,1-4H3,(H,18,20). The van der Waals surface area contributed by atoms with E-state index in [1.54, 1.807) is 11.8 Å². The van der Waals surface area contributed by atoms with E-state index in [2.05, 4.69) is 37.9 Å². The maximum atomic E-state index is 11.9. The van der Waals surface area contributed by atoms with Crippen LogP contribution in [0, 0.1) is 18.8 Å². The zero-order valence-corrected chi connectivity index (χ0v) is 13.9. The Balaban J connectivity index is 2.65. The molecule has 0 aliphatic carbocycles. The Labute approximate surface area is 131 Å². The first kappa shape index (κ1) is 17.6. The molecule has 21 heavy (non-hydrogen) atoms. The summed E-state index contributed by atoms with van der Waals surface area (Å²) in [5, 5.41) is 11.6. The van der Waals surface area contributed by atoms with Crippen molar-refractivity contribution >= 4 is 23.4 Å². The van der Waals surface area contributed by atoms with Crippen LogP contribution in [-0.2, 0) is 4.79 Å². The molecule has 0 saturated carbocycles. The van der Waals surface area contributed by atoms with Crippen LogP contribution in [0.2, 0.25) is 0 Å². The third-order valence-electron chi connectivity index (χ3n) is 2.61. The molecule has 0 aliphatic heterocycles. The van der Waals surface area contributed by atoms with E-state index in [0.717, 1.165) is 16.8 Å². The number of aliphatic hydroxyl groups is 1. The number of hydrogen-bond donors (Lipinski definition) is 2. The lowest BCUT2D eigenvalue weighted by molar-refractivity contribution is -0.113. The molecule has 0 saturated heterocycles. The third-order valence-corrected chi connectivity index (χ3v) is 3.88. The van der Waals surface area contributed by atoms with E-state index in [4.69, 9.17) is 5.11 Å². The molecule has 0 radical (unpaired) electrons. The van der Waals surface area contributed by atoms with Crippen molar-refractivity contribution in [1.82, 2.24) is 0 Å². The summed E-state index contributed by atoms with van der Waals surface area (Å²) in [7, 11) is 0. The highest BCUT2D eigenvalue weighted by atomic mass is 32.2. The molecule has 0 fully saturated rings. The van der Waals surface area contributed by atoms with Gasteiger partial charge in [0.25, 0.3) is 0 Å². The van der Waals surface area contributed by atoms with E-state index in [9.17, 15) is 4.79 Å². The molecular formula is C17H23NO2S. The van der Waals surface area contributed by atoms with Crippen LogP contribution in [0.1, 0.15) is 38.3 Å². The van der Waals surface area contributed by atoms with Crippen LogP contribution in [0.15, 0.2) is 18.2 Å². The third kappa shape index (κ3) is 7.22. The molecule has 1 amide bonds. The van der Waals surface area contributed by atoms with Gasteiger partial charge in [-0.05, 0) is 30.7 Å². The van der Waals surface area contributed by atoms with Gasteiger partial charge in [0.15, 0.2) is 0 Å². The zero-order valence-electron chi connectivity index (χ0n) is 13.1. The molecule has 0 heterocycles. The molecule has 3 nitrogen and oxygen atoms in total. The van der Waals surface area contributed by atoms with Crippen LogP contribution in [0.5, 0.6) is 0 Å². The largest absolute Gasteiger partial charge is 0.395 e. The van der Waals surface area contributed by atoms with Crippen molar-refractivity contribution in [2.75, 3.05) is 17.7 Å². The molecule has 1 rings (SSSR count). The van der Waals surface area contributed by atoms with Gasteiger partial charge in [-0.15, -0.1) is 11.8 Å². The maximum absolute atomic E-state index is 11.9. The lowest BCUT2D eigenvalue weighted by Gasteiger charge is -2.17. The van der Waals surface area contributed by atoms with Crippen molar-refractivity contribution in [2.24, 2.45) is 0 Å². The molecule has 0 bridgehead atoms. The van der Waals surface area contributed by atoms with Crippen LogP contribution < -0.4 is 5.32 Å². The van der Waals surface area contributed by atoms with Gasteiger partial charge >= 0.3 is 0 Å². The van der Waals surface area contributed by atoms with Crippen molar-refractivity contribution < 1.29 is 9.90 Å². The number of carbonyl (C=O) groups is 1. The second kappa shape index (κ2) is 8.11. The Morgan fingerprint density at radius 3 is 2.67 bits per heavy atom. The number of nitrogens with one attached hydrogen (secondary N) is 1. The van der Waals surface area contributed by atoms with Crippen LogP contribution in [0.3, 0.4) is 0 Å². The Morgan fingerprint density at radius 1 is 1.38 bits per heavy atom. The minimum Gasteiger partial charge on any atom is -0.395 e. The zero-order chi connectivity index (χ0) is 15.9. The van der Waals surface area contributed by atoms with Gasteiger partial charge in [0.1, 0.15) is 0 Å². The van der Waals surface area contributed by atoms with Crippen LogP contribution in [0.25, 0.3) is 0 Å². The Bertz CT molecular complexity index is 550. The minimum absolute atomic E-state index is 0.0112. The second-order valence-corrected chi connectivity index (χ2v) is 7.56. The Morgan fingerprint density at radius 2 is 2.10 bits per heavy atom. The van der Waals surface area contributed by atoms with Crippen LogP contribution in [-0.4, -0.2) is 28.1 Å². The number of benzene rings is 1. The number of amides is 1. The number of hydrogen-bond acceptors (Lipinski definition) is 3. The van der Waals surface area contributed by atoms with Gasteiger partial charge in [-0.2, -0.15) is 0 Å². The monoisotopic (exact) mass is 305 g/mol. The molecule has 0 atom stereocenters. The molecule has 0 aliphatic rings. The average Bonchev–Trinajstić information content (AvgIpc) is 2.39. The molecule has 2 N–H and O–H groups in total. The summed E-state index contributed by atoms with van der Waals surface area (Å²) < 4.78 is 0.0819. The molecule has 4 heteroatoms. The van der Waals surface area contributed by atoms with Crippen molar-refractivity contribution in [3.8, 4) is 11.8 Å². The lowest BCUT2D eigenvalue weighted by Crippen LogP contribution is -2.19. The number of thioether (sulfide) groups is 1. The van der Waals surface area contributed by atoms with Gasteiger partial charge in [-0.3, -0.25) is 4.79 Å². The summed E-state index contributed by atoms with van der Waals surface area (Å²) in [6.07, 6.45) is 0.474. The highest BCUT2D eigenvalue weighted by Crippen LogP contribution is 2.23. The van der Waals surface area contributed by atoms with E-state index < -0.39 is 0 Å². The lowest BCUT2D eigenvalue weighted by atomic mass is 10.1. The Hall–Kier alpha value is -1.44. The van der Waals surface area contributed by atoms with E-state index in [1.807, 2.05) is 25.1 Å². The van der Waals surface area contributed by atoms with Gasteiger partial charge in [0.05, 0.1) is 12.4 Å². The Kier molecular flexibility index (Phi) is 6.80. The summed E-state index contributed by atoms with van der Waals surface area (Å²) in [6, 6.07) is 5.69. The fourth-order valence-corrected chi connectivity index (χ4v) is 2.21. The predicted octanol–water partition coefficient (Wildman–Crippen LogP) is 3.20. The molecular weight excluding hydrogens is 282 g/mol. The molecule has 1 aromatic carbocycles. The van der Waals surface area contributed by atoms with Crippen molar-refractivity contribution in [1.29, 1.82) is 0 Å². The smallest absolute Gasteiger partial charge is 0.234 e. The highest BCUT2D eigenvalue weighted by Gasteiger charge is 2.13. The summed E-state index contributed by atoms with van der Waals surface area (Å²) in [5.41, 5.74) is 2.70. The summed E-state index contributed by atoms with van der Waals surface area (Å²) in [4.78, 5) is 11.9. The first-order valence-corrected chi connectivity index (χ1v) is 7.94. The van der Waals surface area contributed by atoms with Gasteiger partial charge in [-0.25, -0.2) is 0 Å². The van der Waals surface area contributed by atoms with Gasteiger partial charge in [-0.1, -0.05) is 32.6 Å². The summed E-state index contributed by atoms with van der Waals surface area (Å²) in [6.45, 7) is 8.30. The fraction of sp³-hybridized carbons (Fsp3) is 0.471. The fourth-order valence-electron chi connectivity index (χ4n) is 1.57. The van der Waals surface area contributed by atoms with Crippen molar-refractivity contribution in [3.05, 3.63) is 29.3 Å². The number of carbonyl (C=O) groups excluding carboxylic acids is 1. The van der Waals surface area contributed by atoms with E-state index in [0.29, 0.717) is 12.2 Å². The molecule has 1 aromatic rings. The molecule has 114 valence electrons. The molecule has 0 aromatic heterocycles. The maximum Gasteiger partial charge on any atom is 0.234 e. The quantitative estimate of drug-likeness (QED) is 0.840. The number of aryl methyl sites for hydroxylation is 1. The first-order valence-electron chi connectivity index (χ1n) is 6.96. The normalized spacial score (nSPS) is 10.7. The van der Waals surface area contributed by atoms with Gasteiger partial charge in [0, 0.05) is 22.4 Å². The molecule has 0 spiro atoms. The van der Waals surface area contributed by atoms with E-state index in [1.165, 1.54) is 0 Å². The van der Waals surface area contributed by atoms with Crippen molar-refractivity contribution in [2.45, 2.75) is 38.9 Å². The van der Waals surface area contributed by atoms with E-state index >= 15 is 0 Å². The number of rotatable bonds is 4. The van der Waals surface area contributed by atoms with Crippen LogP contribution in [0.4, 0.5) is 5.69 Å². The topological polar surface area (TPSA) is 49.3 Å². The summed E-state index contributed by atoms with van der Waals surface area (Å²) in [5.74, 6) is 6.33.